The lowest BCUT2D eigenvalue weighted by molar-refractivity contribution is 0.0971. The Hall–Kier alpha value is -2.17. The Kier molecular flexibility index (Phi) is 2.81. The number of carbonyl (C=O) groups excluding carboxylic acids is 1. The molecule has 0 fully saturated rings. The van der Waals surface area contributed by atoms with Gasteiger partial charge in [0.25, 0.3) is 0 Å². The SMILES string of the molecule is O=C1CCCc2nc(-c3ccc(F)cc3F)ncc21. The van der Waals surface area contributed by atoms with Crippen LogP contribution in [0.25, 0.3) is 11.4 Å². The molecule has 0 aliphatic heterocycles. The molecule has 0 saturated heterocycles. The number of benzene rings is 1. The summed E-state index contributed by atoms with van der Waals surface area (Å²) in [5.74, 6) is -1.14. The van der Waals surface area contributed by atoms with Gasteiger partial charge in [0.1, 0.15) is 11.6 Å². The summed E-state index contributed by atoms with van der Waals surface area (Å²) in [5.41, 5.74) is 1.30. The van der Waals surface area contributed by atoms with Gasteiger partial charge in [-0.2, -0.15) is 0 Å². The first-order valence-corrected chi connectivity index (χ1v) is 5.99. The molecule has 96 valence electrons. The summed E-state index contributed by atoms with van der Waals surface area (Å²) in [6.45, 7) is 0. The number of fused-ring (bicyclic) bond motifs is 1. The minimum atomic E-state index is -0.706. The number of rotatable bonds is 1. The van der Waals surface area contributed by atoms with Gasteiger partial charge in [0.15, 0.2) is 11.6 Å². The van der Waals surface area contributed by atoms with Crippen molar-refractivity contribution in [3.63, 3.8) is 0 Å². The van der Waals surface area contributed by atoms with Crippen LogP contribution >= 0.6 is 0 Å². The number of halogens is 2. The van der Waals surface area contributed by atoms with Gasteiger partial charge in [0.05, 0.1) is 16.8 Å². The molecule has 0 unspecified atom stereocenters. The highest BCUT2D eigenvalue weighted by molar-refractivity contribution is 5.97. The Morgan fingerprint density at radius 3 is 2.74 bits per heavy atom. The fourth-order valence-corrected chi connectivity index (χ4v) is 2.19. The predicted octanol–water partition coefficient (Wildman–Crippen LogP) is 2.94. The van der Waals surface area contributed by atoms with Crippen molar-refractivity contribution in [3.05, 3.63) is 47.3 Å². The maximum atomic E-state index is 13.7. The lowest BCUT2D eigenvalue weighted by Gasteiger charge is -2.14. The molecule has 1 aromatic carbocycles. The molecular weight excluding hydrogens is 250 g/mol. The average molecular weight is 260 g/mol. The second-order valence-corrected chi connectivity index (χ2v) is 4.45. The quantitative estimate of drug-likeness (QED) is 0.791. The normalized spacial score (nSPS) is 14.3. The topological polar surface area (TPSA) is 42.9 Å². The van der Waals surface area contributed by atoms with E-state index in [1.54, 1.807) is 0 Å². The zero-order chi connectivity index (χ0) is 13.4. The highest BCUT2D eigenvalue weighted by Gasteiger charge is 2.20. The zero-order valence-electron chi connectivity index (χ0n) is 9.99. The summed E-state index contributed by atoms with van der Waals surface area (Å²) < 4.78 is 26.5. The van der Waals surface area contributed by atoms with Crippen LogP contribution in [0, 0.1) is 11.6 Å². The molecule has 0 saturated carbocycles. The van der Waals surface area contributed by atoms with Crippen molar-refractivity contribution in [2.75, 3.05) is 0 Å². The van der Waals surface area contributed by atoms with Gasteiger partial charge in [0.2, 0.25) is 0 Å². The first-order chi connectivity index (χ1) is 9.15. The first kappa shape index (κ1) is 11.9. The van der Waals surface area contributed by atoms with Crippen LogP contribution in [0.2, 0.25) is 0 Å². The summed E-state index contributed by atoms with van der Waals surface area (Å²) in [4.78, 5) is 19.9. The van der Waals surface area contributed by atoms with Crippen molar-refractivity contribution >= 4 is 5.78 Å². The van der Waals surface area contributed by atoms with E-state index in [9.17, 15) is 13.6 Å². The first-order valence-electron chi connectivity index (χ1n) is 5.99. The molecule has 1 aromatic heterocycles. The molecule has 3 nitrogen and oxygen atoms in total. The number of ketones is 1. The summed E-state index contributed by atoms with van der Waals surface area (Å²) in [6, 6.07) is 3.26. The van der Waals surface area contributed by atoms with Crippen LogP contribution in [0.4, 0.5) is 8.78 Å². The largest absolute Gasteiger partial charge is 0.294 e. The molecule has 0 N–H and O–H groups in total. The highest BCUT2D eigenvalue weighted by Crippen LogP contribution is 2.24. The Morgan fingerprint density at radius 1 is 1.11 bits per heavy atom. The third-order valence-corrected chi connectivity index (χ3v) is 3.16. The third-order valence-electron chi connectivity index (χ3n) is 3.16. The third kappa shape index (κ3) is 2.12. The number of hydrogen-bond donors (Lipinski definition) is 0. The van der Waals surface area contributed by atoms with E-state index in [0.717, 1.165) is 18.6 Å². The molecule has 1 heterocycles. The fourth-order valence-electron chi connectivity index (χ4n) is 2.19. The molecule has 2 aromatic rings. The lowest BCUT2D eigenvalue weighted by Crippen LogP contribution is -2.14. The van der Waals surface area contributed by atoms with Gasteiger partial charge >= 0.3 is 0 Å². The lowest BCUT2D eigenvalue weighted by atomic mass is 9.96. The molecule has 0 spiro atoms. The van der Waals surface area contributed by atoms with E-state index in [2.05, 4.69) is 9.97 Å². The number of aromatic nitrogens is 2. The smallest absolute Gasteiger partial charge is 0.166 e. The number of hydrogen-bond acceptors (Lipinski definition) is 3. The second kappa shape index (κ2) is 4.50. The Balaban J connectivity index is 2.09. The van der Waals surface area contributed by atoms with E-state index in [-0.39, 0.29) is 17.2 Å². The maximum absolute atomic E-state index is 13.7. The summed E-state index contributed by atoms with van der Waals surface area (Å²) >= 11 is 0. The Labute approximate surface area is 108 Å². The van der Waals surface area contributed by atoms with E-state index < -0.39 is 11.6 Å². The van der Waals surface area contributed by atoms with E-state index >= 15 is 0 Å². The van der Waals surface area contributed by atoms with Crippen LogP contribution in [0.15, 0.2) is 24.4 Å². The average Bonchev–Trinajstić information content (AvgIpc) is 2.38. The molecule has 0 atom stereocenters. The van der Waals surface area contributed by atoms with Gasteiger partial charge in [-0.1, -0.05) is 0 Å². The van der Waals surface area contributed by atoms with Gasteiger partial charge in [-0.25, -0.2) is 18.7 Å². The van der Waals surface area contributed by atoms with E-state index in [4.69, 9.17) is 0 Å². The molecule has 0 amide bonds. The fraction of sp³-hybridized carbons (Fsp3) is 0.214. The minimum absolute atomic E-state index is 0.0207. The zero-order valence-corrected chi connectivity index (χ0v) is 9.99. The number of nitrogens with zero attached hydrogens (tertiary/aromatic N) is 2. The molecule has 3 rings (SSSR count). The maximum Gasteiger partial charge on any atom is 0.166 e. The van der Waals surface area contributed by atoms with Crippen LogP contribution in [-0.2, 0) is 6.42 Å². The van der Waals surface area contributed by atoms with Gasteiger partial charge in [-0.15, -0.1) is 0 Å². The summed E-state index contributed by atoms with van der Waals surface area (Å²) in [5, 5.41) is 0. The molecule has 1 aliphatic rings. The van der Waals surface area contributed by atoms with E-state index in [1.165, 1.54) is 12.3 Å². The van der Waals surface area contributed by atoms with Gasteiger partial charge in [-0.3, -0.25) is 4.79 Å². The van der Waals surface area contributed by atoms with E-state index in [1.807, 2.05) is 0 Å². The number of Topliss-reactive ketones (excluding diaryl/α,β-unsaturated/α-hetero) is 1. The van der Waals surface area contributed by atoms with Crippen molar-refractivity contribution in [1.29, 1.82) is 0 Å². The molecule has 19 heavy (non-hydrogen) atoms. The molecule has 0 bridgehead atoms. The minimum Gasteiger partial charge on any atom is -0.294 e. The monoisotopic (exact) mass is 260 g/mol. The van der Waals surface area contributed by atoms with Crippen molar-refractivity contribution in [2.45, 2.75) is 19.3 Å². The van der Waals surface area contributed by atoms with Crippen molar-refractivity contribution in [2.24, 2.45) is 0 Å². The van der Waals surface area contributed by atoms with Gasteiger partial charge < -0.3 is 0 Å². The van der Waals surface area contributed by atoms with Crippen molar-refractivity contribution < 1.29 is 13.6 Å². The molecular formula is C14H10F2N2O. The van der Waals surface area contributed by atoms with Crippen LogP contribution in [-0.4, -0.2) is 15.8 Å². The Bertz CT molecular complexity index is 670. The van der Waals surface area contributed by atoms with Crippen molar-refractivity contribution in [1.82, 2.24) is 9.97 Å². The van der Waals surface area contributed by atoms with Crippen LogP contribution < -0.4 is 0 Å². The summed E-state index contributed by atoms with van der Waals surface area (Å²) in [6.07, 6.45) is 3.36. The molecule has 0 radical (unpaired) electrons. The predicted molar refractivity (Wildman–Crippen MR) is 64.7 cm³/mol. The van der Waals surface area contributed by atoms with Crippen molar-refractivity contribution in [3.8, 4) is 11.4 Å². The second-order valence-electron chi connectivity index (χ2n) is 4.45. The van der Waals surface area contributed by atoms with Gasteiger partial charge in [0, 0.05) is 18.7 Å². The van der Waals surface area contributed by atoms with E-state index in [0.29, 0.717) is 24.1 Å². The molecule has 1 aliphatic carbocycles. The number of carbonyl (C=O) groups is 1. The van der Waals surface area contributed by atoms with Crippen LogP contribution in [0.1, 0.15) is 28.9 Å². The molecule has 5 heteroatoms. The van der Waals surface area contributed by atoms with Crippen LogP contribution in [0.3, 0.4) is 0 Å². The number of aryl methyl sites for hydroxylation is 1. The summed E-state index contributed by atoms with van der Waals surface area (Å²) in [7, 11) is 0. The Morgan fingerprint density at radius 2 is 1.95 bits per heavy atom. The van der Waals surface area contributed by atoms with Gasteiger partial charge in [-0.05, 0) is 25.0 Å². The standard InChI is InChI=1S/C14H10F2N2O/c15-8-4-5-9(11(16)6-8)14-17-7-10-12(18-14)2-1-3-13(10)19/h4-7H,1-3H2. The highest BCUT2D eigenvalue weighted by atomic mass is 19.1. The van der Waals surface area contributed by atoms with Crippen LogP contribution in [0.5, 0.6) is 0 Å².